The molecule has 4 heteroatoms. The highest BCUT2D eigenvalue weighted by molar-refractivity contribution is 5.81. The van der Waals surface area contributed by atoms with E-state index in [0.717, 1.165) is 29.6 Å². The van der Waals surface area contributed by atoms with Gasteiger partial charge in [-0.25, -0.2) is 4.79 Å². The van der Waals surface area contributed by atoms with E-state index in [9.17, 15) is 4.79 Å². The van der Waals surface area contributed by atoms with E-state index in [4.69, 9.17) is 4.42 Å². The van der Waals surface area contributed by atoms with Crippen LogP contribution in [0, 0.1) is 13.8 Å². The second-order valence-electron chi connectivity index (χ2n) is 7.16. The van der Waals surface area contributed by atoms with Crippen molar-refractivity contribution in [3.63, 3.8) is 0 Å². The van der Waals surface area contributed by atoms with Crippen molar-refractivity contribution in [2.24, 2.45) is 0 Å². The lowest BCUT2D eigenvalue weighted by molar-refractivity contribution is 0.275. The molecule has 0 atom stereocenters. The van der Waals surface area contributed by atoms with Gasteiger partial charge in [0, 0.05) is 18.0 Å². The highest BCUT2D eigenvalue weighted by Crippen LogP contribution is 2.22. The van der Waals surface area contributed by atoms with E-state index in [2.05, 4.69) is 29.8 Å². The number of likely N-dealkylation sites (tertiary alicyclic amines) is 1. The molecule has 0 spiro atoms. The molecule has 0 N–H and O–H groups in total. The quantitative estimate of drug-likeness (QED) is 0.762. The van der Waals surface area contributed by atoms with E-state index < -0.39 is 0 Å². The van der Waals surface area contributed by atoms with Crippen LogP contribution in [0.3, 0.4) is 0 Å². The van der Waals surface area contributed by atoms with Crippen molar-refractivity contribution in [3.8, 4) is 0 Å². The molecule has 2 aromatic rings. The monoisotopic (exact) mass is 328 g/mol. The zero-order valence-electron chi connectivity index (χ0n) is 15.1. The number of aryl methyl sites for hydroxylation is 2. The van der Waals surface area contributed by atoms with E-state index in [1.54, 1.807) is 6.07 Å². The molecule has 1 aliphatic rings. The van der Waals surface area contributed by atoms with E-state index in [1.807, 2.05) is 13.0 Å². The van der Waals surface area contributed by atoms with Gasteiger partial charge < -0.3 is 14.2 Å². The van der Waals surface area contributed by atoms with E-state index in [-0.39, 0.29) is 5.63 Å². The molecule has 4 nitrogen and oxygen atoms in total. The third kappa shape index (κ3) is 4.05. The second kappa shape index (κ2) is 7.49. The first kappa shape index (κ1) is 17.2. The molecule has 130 valence electrons. The molecule has 0 amide bonds. The maximum absolute atomic E-state index is 11.9. The van der Waals surface area contributed by atoms with E-state index in [0.29, 0.717) is 5.58 Å². The molecule has 2 heterocycles. The summed E-state index contributed by atoms with van der Waals surface area (Å²) in [7, 11) is 2.13. The molecule has 0 radical (unpaired) electrons. The summed E-state index contributed by atoms with van der Waals surface area (Å²) in [5, 5.41) is 1.06. The van der Waals surface area contributed by atoms with E-state index in [1.165, 1.54) is 44.5 Å². The molecule has 0 aliphatic carbocycles. The van der Waals surface area contributed by atoms with Gasteiger partial charge in [0.15, 0.2) is 0 Å². The molecule has 0 bridgehead atoms. The fourth-order valence-electron chi connectivity index (χ4n) is 3.55. The fraction of sp³-hybridized carbons (Fsp3) is 0.550. The van der Waals surface area contributed by atoms with Crippen LogP contribution in [0.1, 0.15) is 36.0 Å². The number of hydrogen-bond donors (Lipinski definition) is 0. The SMILES string of the molecule is Cc1cc2oc(=O)cc(CN(C)CCCN3CCCC3)c2cc1C. The van der Waals surface area contributed by atoms with Crippen LogP contribution in [0.25, 0.3) is 11.0 Å². The van der Waals surface area contributed by atoms with Gasteiger partial charge in [0.05, 0.1) is 0 Å². The molecule has 1 aliphatic heterocycles. The Morgan fingerprint density at radius 2 is 1.83 bits per heavy atom. The van der Waals surface area contributed by atoms with Gasteiger partial charge in [0.25, 0.3) is 0 Å². The summed E-state index contributed by atoms with van der Waals surface area (Å²) >= 11 is 0. The van der Waals surface area contributed by atoms with Gasteiger partial charge in [-0.05, 0) is 95.2 Å². The largest absolute Gasteiger partial charge is 0.423 e. The molecule has 0 unspecified atom stereocenters. The highest BCUT2D eigenvalue weighted by atomic mass is 16.4. The van der Waals surface area contributed by atoms with E-state index >= 15 is 0 Å². The Balaban J connectivity index is 1.69. The number of rotatable bonds is 6. The van der Waals surface area contributed by atoms with Crippen molar-refractivity contribution >= 4 is 11.0 Å². The van der Waals surface area contributed by atoms with Gasteiger partial charge >= 0.3 is 5.63 Å². The molecule has 1 saturated heterocycles. The van der Waals surface area contributed by atoms with Crippen molar-refractivity contribution in [2.45, 2.75) is 39.7 Å². The summed E-state index contributed by atoms with van der Waals surface area (Å²) in [5.41, 5.74) is 3.89. The van der Waals surface area contributed by atoms with Crippen molar-refractivity contribution in [1.29, 1.82) is 0 Å². The minimum Gasteiger partial charge on any atom is -0.423 e. The predicted molar refractivity (Wildman–Crippen MR) is 98.6 cm³/mol. The summed E-state index contributed by atoms with van der Waals surface area (Å²) in [6.45, 7) is 9.67. The zero-order chi connectivity index (χ0) is 17.1. The Morgan fingerprint density at radius 3 is 2.58 bits per heavy atom. The Labute approximate surface area is 144 Å². The Kier molecular flexibility index (Phi) is 5.36. The van der Waals surface area contributed by atoms with Crippen LogP contribution in [0.5, 0.6) is 0 Å². The van der Waals surface area contributed by atoms with Gasteiger partial charge in [-0.15, -0.1) is 0 Å². The van der Waals surface area contributed by atoms with Crippen LogP contribution in [-0.2, 0) is 6.54 Å². The van der Waals surface area contributed by atoms with Crippen LogP contribution < -0.4 is 5.63 Å². The first-order valence-corrected chi connectivity index (χ1v) is 8.98. The van der Waals surface area contributed by atoms with Gasteiger partial charge in [0.1, 0.15) is 5.58 Å². The van der Waals surface area contributed by atoms with Crippen LogP contribution >= 0.6 is 0 Å². The highest BCUT2D eigenvalue weighted by Gasteiger charge is 2.12. The number of nitrogens with zero attached hydrogens (tertiary/aromatic N) is 2. The van der Waals surface area contributed by atoms with Crippen LogP contribution in [0.2, 0.25) is 0 Å². The van der Waals surface area contributed by atoms with Crippen LogP contribution in [0.4, 0.5) is 0 Å². The zero-order valence-corrected chi connectivity index (χ0v) is 15.1. The summed E-state index contributed by atoms with van der Waals surface area (Å²) in [5.74, 6) is 0. The number of hydrogen-bond acceptors (Lipinski definition) is 4. The van der Waals surface area contributed by atoms with Crippen molar-refractivity contribution in [1.82, 2.24) is 9.80 Å². The lowest BCUT2D eigenvalue weighted by Gasteiger charge is -2.20. The Hall–Kier alpha value is -1.65. The van der Waals surface area contributed by atoms with Crippen molar-refractivity contribution in [2.75, 3.05) is 33.2 Å². The third-order valence-corrected chi connectivity index (χ3v) is 5.10. The Morgan fingerprint density at radius 1 is 1.12 bits per heavy atom. The smallest absolute Gasteiger partial charge is 0.336 e. The van der Waals surface area contributed by atoms with Crippen molar-refractivity contribution in [3.05, 3.63) is 45.3 Å². The summed E-state index contributed by atoms with van der Waals surface area (Å²) in [6, 6.07) is 5.76. The molecular formula is C20H28N2O2. The standard InChI is InChI=1S/C20H28N2O2/c1-15-11-18-17(13-20(23)24-19(18)12-16(15)2)14-21(3)7-6-10-22-8-4-5-9-22/h11-13H,4-10,14H2,1-3H3. The van der Waals surface area contributed by atoms with Crippen LogP contribution in [0.15, 0.2) is 27.4 Å². The molecule has 0 saturated carbocycles. The molecule has 24 heavy (non-hydrogen) atoms. The van der Waals surface area contributed by atoms with Gasteiger partial charge in [-0.2, -0.15) is 0 Å². The van der Waals surface area contributed by atoms with Crippen molar-refractivity contribution < 1.29 is 4.42 Å². The topological polar surface area (TPSA) is 36.7 Å². The predicted octanol–water partition coefficient (Wildman–Crippen LogP) is 3.33. The Bertz CT molecular complexity index is 760. The lowest BCUT2D eigenvalue weighted by Crippen LogP contribution is -2.26. The summed E-state index contributed by atoms with van der Waals surface area (Å²) in [4.78, 5) is 16.7. The minimum absolute atomic E-state index is 0.258. The molecular weight excluding hydrogens is 300 g/mol. The average molecular weight is 328 g/mol. The number of fused-ring (bicyclic) bond motifs is 1. The van der Waals surface area contributed by atoms with Gasteiger partial charge in [0.2, 0.25) is 0 Å². The third-order valence-electron chi connectivity index (χ3n) is 5.10. The maximum Gasteiger partial charge on any atom is 0.336 e. The molecule has 1 aromatic heterocycles. The summed E-state index contributed by atoms with van der Waals surface area (Å²) in [6.07, 6.45) is 3.87. The molecule has 1 aromatic carbocycles. The van der Waals surface area contributed by atoms with Gasteiger partial charge in [-0.3, -0.25) is 0 Å². The van der Waals surface area contributed by atoms with Gasteiger partial charge in [-0.1, -0.05) is 0 Å². The first-order valence-electron chi connectivity index (χ1n) is 8.98. The maximum atomic E-state index is 11.9. The number of benzene rings is 1. The molecule has 1 fully saturated rings. The lowest BCUT2D eigenvalue weighted by atomic mass is 10.0. The fourth-order valence-corrected chi connectivity index (χ4v) is 3.55. The average Bonchev–Trinajstić information content (AvgIpc) is 3.02. The first-order chi connectivity index (χ1) is 11.5. The molecule has 3 rings (SSSR count). The van der Waals surface area contributed by atoms with Crippen LogP contribution in [-0.4, -0.2) is 43.0 Å². The summed E-state index contributed by atoms with van der Waals surface area (Å²) < 4.78 is 5.39. The second-order valence-corrected chi connectivity index (χ2v) is 7.16. The normalized spacial score (nSPS) is 15.7. The minimum atomic E-state index is -0.258.